The third-order valence-electron chi connectivity index (χ3n) is 4.37. The van der Waals surface area contributed by atoms with Crippen LogP contribution in [0.1, 0.15) is 17.7 Å². The maximum Gasteiger partial charge on any atom is 0.234 e. The van der Waals surface area contributed by atoms with Crippen LogP contribution >= 0.6 is 11.3 Å². The molecule has 0 aliphatic carbocycles. The largest absolute Gasteiger partial charge is 0.497 e. The molecule has 6 heteroatoms. The Morgan fingerprint density at radius 2 is 2.16 bits per heavy atom. The van der Waals surface area contributed by atoms with Crippen molar-refractivity contribution in [2.24, 2.45) is 0 Å². The van der Waals surface area contributed by atoms with Crippen LogP contribution in [0.3, 0.4) is 0 Å². The van der Waals surface area contributed by atoms with E-state index in [9.17, 15) is 4.79 Å². The van der Waals surface area contributed by atoms with Crippen LogP contribution in [0.4, 0.5) is 5.69 Å². The molecule has 1 aliphatic rings. The van der Waals surface area contributed by atoms with E-state index in [1.54, 1.807) is 18.4 Å². The molecule has 1 fully saturated rings. The van der Waals surface area contributed by atoms with E-state index in [2.05, 4.69) is 15.5 Å². The Hall–Kier alpha value is -2.05. The molecule has 0 saturated carbocycles. The number of ether oxygens (including phenoxy) is 1. The number of hydrogen-bond acceptors (Lipinski definition) is 5. The molecule has 5 nitrogen and oxygen atoms in total. The fourth-order valence-electron chi connectivity index (χ4n) is 3.10. The summed E-state index contributed by atoms with van der Waals surface area (Å²) in [6.45, 7) is 2.95. The zero-order valence-electron chi connectivity index (χ0n) is 14.5. The minimum atomic E-state index is 0.0958. The normalized spacial score (nSPS) is 17.9. The van der Waals surface area contributed by atoms with Crippen LogP contribution in [-0.4, -0.2) is 43.6 Å². The van der Waals surface area contributed by atoms with Gasteiger partial charge in [0.25, 0.3) is 0 Å². The number of nitrogens with one attached hydrogen (secondary N) is 2. The first-order valence-corrected chi connectivity index (χ1v) is 9.53. The predicted octanol–water partition coefficient (Wildman–Crippen LogP) is 2.95. The van der Waals surface area contributed by atoms with Gasteiger partial charge in [-0.05, 0) is 55.1 Å². The fourth-order valence-corrected chi connectivity index (χ4v) is 3.74. The van der Waals surface area contributed by atoms with E-state index in [0.717, 1.165) is 37.4 Å². The molecule has 25 heavy (non-hydrogen) atoms. The molecule has 1 atom stereocenters. The second-order valence-electron chi connectivity index (χ2n) is 6.30. The summed E-state index contributed by atoms with van der Waals surface area (Å²) < 4.78 is 5.19. The molecule has 0 bridgehead atoms. The van der Waals surface area contributed by atoms with E-state index in [4.69, 9.17) is 4.74 Å². The maximum absolute atomic E-state index is 12.2. The van der Waals surface area contributed by atoms with Crippen LogP contribution in [0, 0.1) is 0 Å². The van der Waals surface area contributed by atoms with Crippen LogP contribution in [0.5, 0.6) is 5.75 Å². The van der Waals surface area contributed by atoms with Crippen LogP contribution in [-0.2, 0) is 11.3 Å². The number of rotatable bonds is 7. The summed E-state index contributed by atoms with van der Waals surface area (Å²) in [5, 5.41) is 8.60. The van der Waals surface area contributed by atoms with Crippen molar-refractivity contribution in [3.05, 3.63) is 46.7 Å². The van der Waals surface area contributed by atoms with E-state index in [1.807, 2.05) is 41.8 Å². The highest BCUT2D eigenvalue weighted by atomic mass is 32.1. The molecule has 2 aromatic rings. The van der Waals surface area contributed by atoms with Crippen LogP contribution in [0.15, 0.2) is 41.8 Å². The van der Waals surface area contributed by atoms with Gasteiger partial charge in [0.1, 0.15) is 5.75 Å². The third-order valence-corrected chi connectivity index (χ3v) is 5.25. The fraction of sp³-hybridized carbons (Fsp3) is 0.421. The van der Waals surface area contributed by atoms with Crippen molar-refractivity contribution >= 4 is 22.9 Å². The van der Waals surface area contributed by atoms with E-state index in [-0.39, 0.29) is 5.91 Å². The second-order valence-corrected chi connectivity index (χ2v) is 7.34. The van der Waals surface area contributed by atoms with Crippen molar-refractivity contribution in [3.63, 3.8) is 0 Å². The summed E-state index contributed by atoms with van der Waals surface area (Å²) in [4.78, 5) is 15.6. The molecule has 0 radical (unpaired) electrons. The minimum Gasteiger partial charge on any atom is -0.497 e. The number of anilines is 1. The monoisotopic (exact) mass is 359 g/mol. The van der Waals surface area contributed by atoms with Gasteiger partial charge in [-0.3, -0.25) is 9.69 Å². The molecule has 1 aliphatic heterocycles. The van der Waals surface area contributed by atoms with Gasteiger partial charge in [-0.2, -0.15) is 0 Å². The van der Waals surface area contributed by atoms with Gasteiger partial charge >= 0.3 is 0 Å². The number of nitrogens with zero attached hydrogens (tertiary/aromatic N) is 1. The molecular weight excluding hydrogens is 334 g/mol. The van der Waals surface area contributed by atoms with E-state index in [0.29, 0.717) is 19.1 Å². The quantitative estimate of drug-likeness (QED) is 0.798. The van der Waals surface area contributed by atoms with Gasteiger partial charge in [0.05, 0.1) is 20.2 Å². The average molecular weight is 359 g/mol. The molecule has 2 N–H and O–H groups in total. The van der Waals surface area contributed by atoms with Crippen molar-refractivity contribution in [1.82, 2.24) is 10.2 Å². The van der Waals surface area contributed by atoms with E-state index < -0.39 is 0 Å². The van der Waals surface area contributed by atoms with E-state index in [1.165, 1.54) is 4.88 Å². The number of carbonyl (C=O) groups is 1. The summed E-state index contributed by atoms with van der Waals surface area (Å²) >= 11 is 1.67. The van der Waals surface area contributed by atoms with Gasteiger partial charge < -0.3 is 15.4 Å². The highest BCUT2D eigenvalue weighted by molar-refractivity contribution is 7.09. The molecule has 0 spiro atoms. The second kappa shape index (κ2) is 8.87. The molecule has 2 heterocycles. The Labute approximate surface area is 153 Å². The standard InChI is InChI=1S/C19H25N3O2S/c1-24-17-8-6-15(7-9-17)21-16-4-2-10-22(13-16)14-19(23)20-12-18-5-3-11-25-18/h3,5-9,11,16,21H,2,4,10,12-14H2,1H3,(H,20,23). The van der Waals surface area contributed by atoms with Crippen LogP contribution < -0.4 is 15.4 Å². The molecule has 1 unspecified atom stereocenters. The Balaban J connectivity index is 1.44. The van der Waals surface area contributed by atoms with Gasteiger partial charge in [-0.1, -0.05) is 6.07 Å². The SMILES string of the molecule is COc1ccc(NC2CCCN(CC(=O)NCc3cccs3)C2)cc1. The molecule has 1 aromatic heterocycles. The first-order valence-electron chi connectivity index (χ1n) is 8.65. The first-order chi connectivity index (χ1) is 12.2. The third kappa shape index (κ3) is 5.47. The maximum atomic E-state index is 12.2. The summed E-state index contributed by atoms with van der Waals surface area (Å²) in [5.74, 6) is 0.955. The van der Waals surface area contributed by atoms with Gasteiger partial charge in [0.15, 0.2) is 0 Å². The molecule has 3 rings (SSSR count). The Bertz CT molecular complexity index is 658. The molecule has 1 aromatic carbocycles. The topological polar surface area (TPSA) is 53.6 Å². The smallest absolute Gasteiger partial charge is 0.234 e. The number of benzene rings is 1. The van der Waals surface area contributed by atoms with E-state index >= 15 is 0 Å². The highest BCUT2D eigenvalue weighted by Gasteiger charge is 2.21. The zero-order valence-corrected chi connectivity index (χ0v) is 15.3. The van der Waals surface area contributed by atoms with Crippen molar-refractivity contribution < 1.29 is 9.53 Å². The van der Waals surface area contributed by atoms with Crippen LogP contribution in [0.25, 0.3) is 0 Å². The van der Waals surface area contributed by atoms with Crippen molar-refractivity contribution in [3.8, 4) is 5.75 Å². The molecular formula is C19H25N3O2S. The van der Waals surface area contributed by atoms with Crippen molar-refractivity contribution in [2.45, 2.75) is 25.4 Å². The summed E-state index contributed by atoms with van der Waals surface area (Å²) in [7, 11) is 1.67. The average Bonchev–Trinajstić information content (AvgIpc) is 3.15. The van der Waals surface area contributed by atoms with Gasteiger partial charge in [-0.25, -0.2) is 0 Å². The lowest BCUT2D eigenvalue weighted by Gasteiger charge is -2.33. The van der Waals surface area contributed by atoms with Crippen molar-refractivity contribution in [1.29, 1.82) is 0 Å². The number of piperidine rings is 1. The summed E-state index contributed by atoms with van der Waals surface area (Å²) in [5.41, 5.74) is 1.09. The molecule has 1 saturated heterocycles. The molecule has 134 valence electrons. The minimum absolute atomic E-state index is 0.0958. The number of carbonyl (C=O) groups excluding carboxylic acids is 1. The van der Waals surface area contributed by atoms with Crippen molar-refractivity contribution in [2.75, 3.05) is 32.1 Å². The first kappa shape index (κ1) is 17.8. The Morgan fingerprint density at radius 3 is 2.88 bits per heavy atom. The number of amides is 1. The number of likely N-dealkylation sites (tertiary alicyclic amines) is 1. The van der Waals surface area contributed by atoms with Crippen LogP contribution in [0.2, 0.25) is 0 Å². The summed E-state index contributed by atoms with van der Waals surface area (Å²) in [6.07, 6.45) is 2.23. The van der Waals surface area contributed by atoms with Gasteiger partial charge in [-0.15, -0.1) is 11.3 Å². The number of thiophene rings is 1. The lowest BCUT2D eigenvalue weighted by Crippen LogP contribution is -2.46. The number of methoxy groups -OCH3 is 1. The Kier molecular flexibility index (Phi) is 6.30. The Morgan fingerprint density at radius 1 is 1.32 bits per heavy atom. The highest BCUT2D eigenvalue weighted by Crippen LogP contribution is 2.19. The van der Waals surface area contributed by atoms with Gasteiger partial charge in [0.2, 0.25) is 5.91 Å². The lowest BCUT2D eigenvalue weighted by atomic mass is 10.1. The number of hydrogen-bond donors (Lipinski definition) is 2. The lowest BCUT2D eigenvalue weighted by molar-refractivity contribution is -0.122. The predicted molar refractivity (Wildman–Crippen MR) is 102 cm³/mol. The summed E-state index contributed by atoms with van der Waals surface area (Å²) in [6, 6.07) is 12.4. The molecule has 1 amide bonds. The zero-order chi connectivity index (χ0) is 17.5. The van der Waals surface area contributed by atoms with Gasteiger partial charge in [0, 0.05) is 23.2 Å².